The summed E-state index contributed by atoms with van der Waals surface area (Å²) in [7, 11) is 0. The van der Waals surface area contributed by atoms with Gasteiger partial charge in [0.15, 0.2) is 5.13 Å². The molecule has 0 radical (unpaired) electrons. The van der Waals surface area contributed by atoms with Crippen LogP contribution in [0, 0.1) is 6.92 Å². The lowest BCUT2D eigenvalue weighted by Gasteiger charge is -2.25. The van der Waals surface area contributed by atoms with Gasteiger partial charge in [-0.05, 0) is 20.8 Å². The molecule has 6 heteroatoms. The van der Waals surface area contributed by atoms with Gasteiger partial charge in [-0.25, -0.2) is 4.98 Å². The van der Waals surface area contributed by atoms with Crippen molar-refractivity contribution in [2.45, 2.75) is 33.2 Å². The highest BCUT2D eigenvalue weighted by Crippen LogP contribution is 2.22. The molecule has 0 fully saturated rings. The van der Waals surface area contributed by atoms with E-state index in [4.69, 9.17) is 10.9 Å². The van der Waals surface area contributed by atoms with Gasteiger partial charge in [0.2, 0.25) is 0 Å². The van der Waals surface area contributed by atoms with Crippen molar-refractivity contribution < 1.29 is 5.21 Å². The molecular formula is C10H18N4OS. The molecule has 0 bridgehead atoms. The first-order valence-electron chi connectivity index (χ1n) is 5.19. The highest BCUT2D eigenvalue weighted by Gasteiger charge is 2.14. The Bertz CT molecular complexity index is 361. The molecule has 5 nitrogen and oxygen atoms in total. The Morgan fingerprint density at radius 1 is 1.69 bits per heavy atom. The number of anilines is 1. The first-order chi connectivity index (χ1) is 7.54. The van der Waals surface area contributed by atoms with Crippen molar-refractivity contribution in [1.29, 1.82) is 0 Å². The van der Waals surface area contributed by atoms with E-state index in [2.05, 4.69) is 28.9 Å². The summed E-state index contributed by atoms with van der Waals surface area (Å²) in [4.78, 5) is 6.59. The summed E-state index contributed by atoms with van der Waals surface area (Å²) in [5, 5.41) is 14.5. The van der Waals surface area contributed by atoms with Crippen LogP contribution < -0.4 is 10.6 Å². The molecule has 0 saturated carbocycles. The SMILES string of the molecule is Cc1csc(N(CCC(N)=NO)C(C)C)n1. The lowest BCUT2D eigenvalue weighted by molar-refractivity contribution is 0.317. The fourth-order valence-corrected chi connectivity index (χ4v) is 2.30. The standard InChI is InChI=1S/C10H18N4OS/c1-7(2)14(5-4-9(11)13-15)10-12-8(3)6-16-10/h6-7,15H,4-5H2,1-3H3,(H2,11,13). The lowest BCUT2D eigenvalue weighted by Crippen LogP contribution is -2.34. The molecule has 3 N–H and O–H groups in total. The van der Waals surface area contributed by atoms with E-state index in [0.29, 0.717) is 19.0 Å². The van der Waals surface area contributed by atoms with Crippen molar-refractivity contribution in [1.82, 2.24) is 4.98 Å². The summed E-state index contributed by atoms with van der Waals surface area (Å²) in [6.07, 6.45) is 0.535. The molecule has 16 heavy (non-hydrogen) atoms. The molecule has 0 unspecified atom stereocenters. The fourth-order valence-electron chi connectivity index (χ4n) is 1.33. The third-order valence-corrected chi connectivity index (χ3v) is 3.21. The molecule has 0 aliphatic heterocycles. The van der Waals surface area contributed by atoms with Gasteiger partial charge in [-0.1, -0.05) is 5.16 Å². The Labute approximate surface area is 99.6 Å². The molecular weight excluding hydrogens is 224 g/mol. The molecule has 90 valence electrons. The first kappa shape index (κ1) is 12.8. The van der Waals surface area contributed by atoms with Crippen LogP contribution in [0.2, 0.25) is 0 Å². The van der Waals surface area contributed by atoms with Gasteiger partial charge in [-0.2, -0.15) is 0 Å². The van der Waals surface area contributed by atoms with Gasteiger partial charge >= 0.3 is 0 Å². The number of hydrogen-bond donors (Lipinski definition) is 2. The van der Waals surface area contributed by atoms with Crippen LogP contribution in [-0.2, 0) is 0 Å². The molecule has 1 aromatic rings. The van der Waals surface area contributed by atoms with E-state index in [0.717, 1.165) is 10.8 Å². The molecule has 0 spiro atoms. The Hall–Kier alpha value is -1.30. The minimum absolute atomic E-state index is 0.249. The molecule has 0 aliphatic rings. The minimum Gasteiger partial charge on any atom is -0.409 e. The summed E-state index contributed by atoms with van der Waals surface area (Å²) in [6, 6.07) is 0.344. The zero-order chi connectivity index (χ0) is 12.1. The monoisotopic (exact) mass is 242 g/mol. The Morgan fingerprint density at radius 2 is 2.38 bits per heavy atom. The van der Waals surface area contributed by atoms with E-state index >= 15 is 0 Å². The molecule has 0 aliphatic carbocycles. The maximum absolute atomic E-state index is 8.49. The van der Waals surface area contributed by atoms with Crippen LogP contribution in [0.5, 0.6) is 0 Å². The number of rotatable bonds is 5. The molecule has 0 amide bonds. The molecule has 0 saturated heterocycles. The number of amidine groups is 1. The molecule has 0 atom stereocenters. The quantitative estimate of drug-likeness (QED) is 0.357. The Kier molecular flexibility index (Phi) is 4.54. The van der Waals surface area contributed by atoms with Crippen LogP contribution in [-0.4, -0.2) is 28.6 Å². The van der Waals surface area contributed by atoms with Gasteiger partial charge in [0.25, 0.3) is 0 Å². The zero-order valence-corrected chi connectivity index (χ0v) is 10.7. The van der Waals surface area contributed by atoms with Crippen LogP contribution in [0.1, 0.15) is 26.0 Å². The van der Waals surface area contributed by atoms with Gasteiger partial charge in [0, 0.05) is 24.4 Å². The maximum atomic E-state index is 8.49. The lowest BCUT2D eigenvalue weighted by atomic mass is 10.3. The predicted octanol–water partition coefficient (Wildman–Crippen LogP) is 1.80. The van der Waals surface area contributed by atoms with Crippen molar-refractivity contribution in [2.75, 3.05) is 11.4 Å². The number of aryl methyl sites for hydroxylation is 1. The van der Waals surface area contributed by atoms with E-state index in [1.165, 1.54) is 0 Å². The summed E-state index contributed by atoms with van der Waals surface area (Å²) in [5.41, 5.74) is 6.48. The summed E-state index contributed by atoms with van der Waals surface area (Å²) in [6.45, 7) is 6.88. The normalized spacial score (nSPS) is 12.1. The molecule has 0 aromatic carbocycles. The van der Waals surface area contributed by atoms with E-state index in [1.807, 2.05) is 12.3 Å². The van der Waals surface area contributed by atoms with Crippen LogP contribution in [0.3, 0.4) is 0 Å². The second-order valence-corrected chi connectivity index (χ2v) is 4.74. The third kappa shape index (κ3) is 3.37. The van der Waals surface area contributed by atoms with Crippen molar-refractivity contribution in [3.8, 4) is 0 Å². The average molecular weight is 242 g/mol. The van der Waals surface area contributed by atoms with Gasteiger partial charge in [-0.15, -0.1) is 11.3 Å². The second-order valence-electron chi connectivity index (χ2n) is 3.90. The number of aromatic nitrogens is 1. The van der Waals surface area contributed by atoms with Crippen molar-refractivity contribution in [3.05, 3.63) is 11.1 Å². The highest BCUT2D eigenvalue weighted by atomic mass is 32.1. The van der Waals surface area contributed by atoms with Gasteiger partial charge in [0.05, 0.1) is 5.69 Å². The highest BCUT2D eigenvalue weighted by molar-refractivity contribution is 7.13. The number of hydrogen-bond acceptors (Lipinski definition) is 5. The van der Waals surface area contributed by atoms with Gasteiger partial charge in [-0.3, -0.25) is 0 Å². The maximum Gasteiger partial charge on any atom is 0.185 e. The van der Waals surface area contributed by atoms with Crippen LogP contribution in [0.15, 0.2) is 10.5 Å². The first-order valence-corrected chi connectivity index (χ1v) is 6.07. The number of oxime groups is 1. The number of nitrogens with zero attached hydrogens (tertiary/aromatic N) is 3. The molecule has 1 rings (SSSR count). The summed E-state index contributed by atoms with van der Waals surface area (Å²) in [5.74, 6) is 0.249. The molecule has 1 aromatic heterocycles. The van der Waals surface area contributed by atoms with E-state index < -0.39 is 0 Å². The third-order valence-electron chi connectivity index (χ3n) is 2.21. The van der Waals surface area contributed by atoms with Crippen molar-refractivity contribution >= 4 is 22.3 Å². The second kappa shape index (κ2) is 5.69. The largest absolute Gasteiger partial charge is 0.409 e. The topological polar surface area (TPSA) is 74.7 Å². The van der Waals surface area contributed by atoms with E-state index in [1.54, 1.807) is 11.3 Å². The van der Waals surface area contributed by atoms with E-state index in [9.17, 15) is 0 Å². The summed E-state index contributed by atoms with van der Waals surface area (Å²) >= 11 is 1.62. The number of nitrogens with two attached hydrogens (primary N) is 1. The van der Waals surface area contributed by atoms with E-state index in [-0.39, 0.29) is 5.84 Å². The average Bonchev–Trinajstić information content (AvgIpc) is 2.64. The minimum atomic E-state index is 0.249. The summed E-state index contributed by atoms with van der Waals surface area (Å²) < 4.78 is 0. The number of thiazole rings is 1. The predicted molar refractivity (Wildman–Crippen MR) is 67.4 cm³/mol. The van der Waals surface area contributed by atoms with Crippen LogP contribution in [0.4, 0.5) is 5.13 Å². The molecule has 1 heterocycles. The van der Waals surface area contributed by atoms with Crippen LogP contribution in [0.25, 0.3) is 0 Å². The Morgan fingerprint density at radius 3 is 2.81 bits per heavy atom. The van der Waals surface area contributed by atoms with Crippen LogP contribution >= 0.6 is 11.3 Å². The smallest absolute Gasteiger partial charge is 0.185 e. The Balaban J connectivity index is 2.69. The van der Waals surface area contributed by atoms with Gasteiger partial charge < -0.3 is 15.8 Å². The van der Waals surface area contributed by atoms with Gasteiger partial charge in [0.1, 0.15) is 5.84 Å². The van der Waals surface area contributed by atoms with Crippen molar-refractivity contribution in [3.63, 3.8) is 0 Å². The van der Waals surface area contributed by atoms with Crippen molar-refractivity contribution in [2.24, 2.45) is 10.9 Å². The fraction of sp³-hybridized carbons (Fsp3) is 0.600. The zero-order valence-electron chi connectivity index (χ0n) is 9.84.